The second-order valence-electron chi connectivity index (χ2n) is 3.96. The average Bonchev–Trinajstić information content (AvgIpc) is 2.80. The minimum atomic E-state index is -0.506. The van der Waals surface area contributed by atoms with Crippen molar-refractivity contribution in [3.63, 3.8) is 0 Å². The Morgan fingerprint density at radius 1 is 1.53 bits per heavy atom. The molecule has 0 radical (unpaired) electrons. The molecule has 2 aromatic rings. The fraction of sp³-hybridized carbons (Fsp3) is 0.273. The molecule has 2 aromatic heterocycles. The molecule has 100 valence electrons. The van der Waals surface area contributed by atoms with Gasteiger partial charge in [0, 0.05) is 0 Å². The van der Waals surface area contributed by atoms with Gasteiger partial charge in [-0.25, -0.2) is 4.98 Å². The van der Waals surface area contributed by atoms with Crippen molar-refractivity contribution in [1.82, 2.24) is 9.97 Å². The molecule has 0 fully saturated rings. The van der Waals surface area contributed by atoms with Crippen molar-refractivity contribution >= 4 is 34.4 Å². The highest BCUT2D eigenvalue weighted by molar-refractivity contribution is 7.07. The topological polar surface area (TPSA) is 81.0 Å². The zero-order chi connectivity index (χ0) is 14.0. The summed E-state index contributed by atoms with van der Waals surface area (Å²) in [6.45, 7) is 3.43. The maximum absolute atomic E-state index is 11.1. The summed E-state index contributed by atoms with van der Waals surface area (Å²) in [5, 5.41) is 18.0. The molecule has 0 saturated heterocycles. The summed E-state index contributed by atoms with van der Waals surface area (Å²) in [6, 6.07) is 1.85. The first-order valence-corrected chi connectivity index (χ1v) is 6.78. The minimum Gasteiger partial charge on any atom is -0.358 e. The van der Waals surface area contributed by atoms with Crippen molar-refractivity contribution in [1.29, 1.82) is 0 Å². The first kappa shape index (κ1) is 13.7. The fourth-order valence-electron chi connectivity index (χ4n) is 1.66. The van der Waals surface area contributed by atoms with Crippen LogP contribution in [0.4, 0.5) is 11.5 Å². The van der Waals surface area contributed by atoms with Crippen LogP contribution in [-0.2, 0) is 0 Å². The normalized spacial score (nSPS) is 12.2. The number of nitrogens with one attached hydrogen (secondary N) is 1. The zero-order valence-corrected chi connectivity index (χ0v) is 11.8. The van der Waals surface area contributed by atoms with Crippen LogP contribution in [0.25, 0.3) is 0 Å². The molecular formula is C11H11ClN4O2S. The molecule has 0 spiro atoms. The van der Waals surface area contributed by atoms with E-state index in [1.807, 2.05) is 23.8 Å². The third kappa shape index (κ3) is 2.99. The molecule has 0 aliphatic rings. The Kier molecular flexibility index (Phi) is 3.96. The molecule has 0 saturated carbocycles. The van der Waals surface area contributed by atoms with Crippen molar-refractivity contribution in [3.8, 4) is 0 Å². The van der Waals surface area contributed by atoms with Crippen LogP contribution >= 0.6 is 22.9 Å². The molecule has 8 heteroatoms. The van der Waals surface area contributed by atoms with Crippen LogP contribution in [0.2, 0.25) is 5.28 Å². The Morgan fingerprint density at radius 3 is 2.84 bits per heavy atom. The first-order chi connectivity index (χ1) is 8.99. The van der Waals surface area contributed by atoms with Crippen molar-refractivity contribution in [3.05, 3.63) is 43.5 Å². The maximum atomic E-state index is 11.1. The summed E-state index contributed by atoms with van der Waals surface area (Å²) in [4.78, 5) is 18.3. The predicted molar refractivity (Wildman–Crippen MR) is 74.8 cm³/mol. The molecule has 19 heavy (non-hydrogen) atoms. The number of nitrogens with zero attached hydrogens (tertiary/aromatic N) is 3. The number of thiophene rings is 1. The van der Waals surface area contributed by atoms with Gasteiger partial charge in [0.2, 0.25) is 11.1 Å². The molecule has 2 heterocycles. The number of hydrogen-bond acceptors (Lipinski definition) is 6. The van der Waals surface area contributed by atoms with Gasteiger partial charge in [0.15, 0.2) is 0 Å². The number of halogens is 1. The summed E-state index contributed by atoms with van der Waals surface area (Å²) in [5.41, 5.74) is 1.13. The predicted octanol–water partition coefficient (Wildman–Crippen LogP) is 3.58. The average molecular weight is 299 g/mol. The Hall–Kier alpha value is -1.73. The Morgan fingerprint density at radius 2 is 2.26 bits per heavy atom. The summed E-state index contributed by atoms with van der Waals surface area (Å²) < 4.78 is 0. The van der Waals surface area contributed by atoms with Gasteiger partial charge in [-0.3, -0.25) is 10.1 Å². The summed E-state index contributed by atoms with van der Waals surface area (Å²) in [7, 11) is 0. The zero-order valence-electron chi connectivity index (χ0n) is 10.3. The lowest BCUT2D eigenvalue weighted by atomic mass is 10.2. The quantitative estimate of drug-likeness (QED) is 0.530. The highest BCUT2D eigenvalue weighted by atomic mass is 35.5. The Labute approximate surface area is 118 Å². The van der Waals surface area contributed by atoms with Gasteiger partial charge >= 0.3 is 5.69 Å². The maximum Gasteiger partial charge on any atom is 0.332 e. The Bertz CT molecular complexity index is 603. The largest absolute Gasteiger partial charge is 0.358 e. The number of aryl methyl sites for hydroxylation is 1. The molecule has 1 unspecified atom stereocenters. The standard InChI is InChI=1S/C11H11ClN4O2S/c1-6(8-3-4-19-5-8)13-10-9(16(17)18)7(2)14-11(12)15-10/h3-6H,1-2H3,(H,13,14,15). The van der Waals surface area contributed by atoms with Crippen molar-refractivity contribution in [2.24, 2.45) is 0 Å². The summed E-state index contributed by atoms with van der Waals surface area (Å²) in [6.07, 6.45) is 0. The van der Waals surface area contributed by atoms with E-state index in [0.717, 1.165) is 5.56 Å². The SMILES string of the molecule is Cc1nc(Cl)nc(NC(C)c2ccsc2)c1[N+](=O)[O-]. The van der Waals surface area contributed by atoms with E-state index in [1.165, 1.54) is 6.92 Å². The lowest BCUT2D eigenvalue weighted by Gasteiger charge is -2.13. The van der Waals surface area contributed by atoms with E-state index in [1.54, 1.807) is 11.3 Å². The first-order valence-electron chi connectivity index (χ1n) is 5.46. The molecule has 2 rings (SSSR count). The third-order valence-corrected chi connectivity index (χ3v) is 3.48. The summed E-state index contributed by atoms with van der Waals surface area (Å²) in [5.74, 6) is 0.140. The smallest absolute Gasteiger partial charge is 0.332 e. The van der Waals surface area contributed by atoms with Crippen molar-refractivity contribution in [2.45, 2.75) is 19.9 Å². The molecule has 0 aliphatic heterocycles. The molecule has 0 aliphatic carbocycles. The second-order valence-corrected chi connectivity index (χ2v) is 5.07. The van der Waals surface area contributed by atoms with Gasteiger partial charge in [-0.2, -0.15) is 16.3 Å². The van der Waals surface area contributed by atoms with Crippen LogP contribution in [0, 0.1) is 17.0 Å². The number of anilines is 1. The second kappa shape index (κ2) is 5.50. The fourth-order valence-corrected chi connectivity index (χ4v) is 2.63. The van der Waals surface area contributed by atoms with E-state index in [2.05, 4.69) is 15.3 Å². The van der Waals surface area contributed by atoms with Crippen LogP contribution in [0.3, 0.4) is 0 Å². The molecular weight excluding hydrogens is 288 g/mol. The van der Waals surface area contributed by atoms with E-state index in [0.29, 0.717) is 0 Å². The van der Waals surface area contributed by atoms with Crippen LogP contribution in [0.15, 0.2) is 16.8 Å². The van der Waals surface area contributed by atoms with E-state index < -0.39 is 4.92 Å². The van der Waals surface area contributed by atoms with Crippen LogP contribution in [0.5, 0.6) is 0 Å². The molecule has 0 bridgehead atoms. The van der Waals surface area contributed by atoms with Gasteiger partial charge in [0.25, 0.3) is 0 Å². The van der Waals surface area contributed by atoms with E-state index in [4.69, 9.17) is 11.6 Å². The van der Waals surface area contributed by atoms with E-state index in [-0.39, 0.29) is 28.5 Å². The minimum absolute atomic E-state index is 0.0110. The van der Waals surface area contributed by atoms with Gasteiger partial charge in [-0.05, 0) is 47.8 Å². The van der Waals surface area contributed by atoms with Crippen molar-refractivity contribution < 1.29 is 4.92 Å². The lowest BCUT2D eigenvalue weighted by molar-refractivity contribution is -0.385. The number of aromatic nitrogens is 2. The van der Waals surface area contributed by atoms with Crippen LogP contribution < -0.4 is 5.32 Å². The molecule has 1 N–H and O–H groups in total. The van der Waals surface area contributed by atoms with Gasteiger partial charge in [-0.15, -0.1) is 0 Å². The Balaban J connectivity index is 2.36. The molecule has 1 atom stereocenters. The number of hydrogen-bond donors (Lipinski definition) is 1. The van der Waals surface area contributed by atoms with Crippen LogP contribution in [0.1, 0.15) is 24.2 Å². The summed E-state index contributed by atoms with van der Waals surface area (Å²) >= 11 is 7.31. The highest BCUT2D eigenvalue weighted by Crippen LogP contribution is 2.30. The van der Waals surface area contributed by atoms with Gasteiger partial charge in [0.1, 0.15) is 5.69 Å². The van der Waals surface area contributed by atoms with Crippen LogP contribution in [-0.4, -0.2) is 14.9 Å². The van der Waals surface area contributed by atoms with Gasteiger partial charge in [-0.1, -0.05) is 0 Å². The number of rotatable bonds is 4. The highest BCUT2D eigenvalue weighted by Gasteiger charge is 2.23. The van der Waals surface area contributed by atoms with Crippen molar-refractivity contribution in [2.75, 3.05) is 5.32 Å². The van der Waals surface area contributed by atoms with E-state index in [9.17, 15) is 10.1 Å². The monoisotopic (exact) mass is 298 g/mol. The molecule has 0 aromatic carbocycles. The third-order valence-electron chi connectivity index (χ3n) is 2.61. The molecule has 0 amide bonds. The molecule has 6 nitrogen and oxygen atoms in total. The van der Waals surface area contributed by atoms with Gasteiger partial charge in [0.05, 0.1) is 11.0 Å². The van der Waals surface area contributed by atoms with Gasteiger partial charge < -0.3 is 5.32 Å². The number of nitro groups is 1. The lowest BCUT2D eigenvalue weighted by Crippen LogP contribution is -2.11. The van der Waals surface area contributed by atoms with E-state index >= 15 is 0 Å².